The van der Waals surface area contributed by atoms with E-state index in [-0.39, 0.29) is 11.6 Å². The number of hydrogen-bond acceptors (Lipinski definition) is 7. The number of aromatic nitrogens is 4. The first-order valence-electron chi connectivity index (χ1n) is 10.9. The van der Waals surface area contributed by atoms with Gasteiger partial charge in [0, 0.05) is 49.5 Å². The molecular weight excluding hydrogens is 417 g/mol. The van der Waals surface area contributed by atoms with E-state index in [0.717, 1.165) is 48.5 Å². The number of piperazine rings is 1. The van der Waals surface area contributed by atoms with E-state index >= 15 is 0 Å². The average molecular weight is 441 g/mol. The van der Waals surface area contributed by atoms with Gasteiger partial charge in [-0.2, -0.15) is 0 Å². The summed E-state index contributed by atoms with van der Waals surface area (Å²) < 4.78 is 0. The summed E-state index contributed by atoms with van der Waals surface area (Å²) in [6.07, 6.45) is 4.95. The number of carbonyl (C=O) groups is 1. The lowest BCUT2D eigenvalue weighted by Crippen LogP contribution is -2.51. The van der Waals surface area contributed by atoms with Gasteiger partial charge in [-0.15, -0.1) is 0 Å². The lowest BCUT2D eigenvalue weighted by molar-refractivity contribution is 0.102. The Morgan fingerprint density at radius 3 is 2.73 bits per heavy atom. The highest BCUT2D eigenvalue weighted by atomic mass is 16.2. The molecule has 0 saturated carbocycles. The lowest BCUT2D eigenvalue weighted by atomic mass is 9.84. The molecule has 0 radical (unpaired) electrons. The van der Waals surface area contributed by atoms with Crippen LogP contribution >= 0.6 is 0 Å². The van der Waals surface area contributed by atoms with Gasteiger partial charge in [-0.25, -0.2) is 9.97 Å². The molecule has 9 nitrogen and oxygen atoms in total. The van der Waals surface area contributed by atoms with E-state index in [0.29, 0.717) is 11.5 Å². The number of rotatable bonds is 5. The number of carbonyl (C=O) groups excluding carboxylic acids is 1. The van der Waals surface area contributed by atoms with Crippen LogP contribution in [-0.2, 0) is 0 Å². The molecule has 1 aliphatic heterocycles. The first-order chi connectivity index (χ1) is 16.1. The summed E-state index contributed by atoms with van der Waals surface area (Å²) in [7, 11) is -0.465. The topological polar surface area (TPSA) is 110 Å². The summed E-state index contributed by atoms with van der Waals surface area (Å²) in [4.78, 5) is 33.6. The fourth-order valence-electron chi connectivity index (χ4n) is 4.09. The minimum atomic E-state index is -0.465. The number of aromatic amines is 1. The molecule has 3 aromatic heterocycles. The number of pyridine rings is 1. The molecule has 1 amide bonds. The van der Waals surface area contributed by atoms with Gasteiger partial charge in [0.15, 0.2) is 5.82 Å². The van der Waals surface area contributed by atoms with E-state index < -0.39 is 7.05 Å². The Balaban J connectivity index is 1.35. The van der Waals surface area contributed by atoms with Crippen LogP contribution in [0.2, 0.25) is 6.82 Å². The van der Waals surface area contributed by atoms with Crippen molar-refractivity contribution in [2.45, 2.75) is 6.82 Å². The Labute approximate surface area is 191 Å². The molecular formula is C23H24BN7O2. The predicted molar refractivity (Wildman–Crippen MR) is 129 cm³/mol. The van der Waals surface area contributed by atoms with Crippen LogP contribution in [0.5, 0.6) is 0 Å². The van der Waals surface area contributed by atoms with Crippen LogP contribution in [0.25, 0.3) is 22.4 Å². The molecule has 1 aliphatic rings. The fourth-order valence-corrected chi connectivity index (χ4v) is 4.09. The van der Waals surface area contributed by atoms with Crippen molar-refractivity contribution in [3.8, 4) is 11.5 Å². The molecule has 0 spiro atoms. The van der Waals surface area contributed by atoms with Gasteiger partial charge >= 0.3 is 7.05 Å². The predicted octanol–water partition coefficient (Wildman–Crippen LogP) is 2.50. The van der Waals surface area contributed by atoms with Crippen molar-refractivity contribution in [1.82, 2.24) is 24.7 Å². The number of hydrogen-bond donors (Lipinski definition) is 3. The number of H-pyrrole nitrogens is 1. The lowest BCUT2D eigenvalue weighted by Gasteiger charge is -2.37. The van der Waals surface area contributed by atoms with Gasteiger partial charge in [0.05, 0.1) is 23.3 Å². The second-order valence-corrected chi connectivity index (χ2v) is 8.04. The summed E-state index contributed by atoms with van der Waals surface area (Å²) >= 11 is 0. The van der Waals surface area contributed by atoms with Crippen LogP contribution < -0.4 is 10.2 Å². The number of amides is 1. The van der Waals surface area contributed by atoms with E-state index in [1.807, 2.05) is 41.2 Å². The van der Waals surface area contributed by atoms with Crippen LogP contribution in [0.15, 0.2) is 61.1 Å². The molecule has 5 rings (SSSR count). The summed E-state index contributed by atoms with van der Waals surface area (Å²) in [6.45, 7) is 4.76. The van der Waals surface area contributed by atoms with Crippen LogP contribution in [-0.4, -0.2) is 68.9 Å². The van der Waals surface area contributed by atoms with E-state index in [1.165, 1.54) is 0 Å². The van der Waals surface area contributed by atoms with Crippen molar-refractivity contribution in [2.24, 2.45) is 0 Å². The third kappa shape index (κ3) is 4.43. The molecule has 0 unspecified atom stereocenters. The average Bonchev–Trinajstić information content (AvgIpc) is 3.29. The molecule has 0 bridgehead atoms. The molecule has 0 aliphatic carbocycles. The number of benzene rings is 1. The summed E-state index contributed by atoms with van der Waals surface area (Å²) in [5.74, 6) is 0.131. The van der Waals surface area contributed by atoms with Crippen molar-refractivity contribution >= 4 is 35.2 Å². The molecule has 3 N–H and O–H groups in total. The molecule has 0 atom stereocenters. The zero-order chi connectivity index (χ0) is 22.8. The fraction of sp³-hybridized carbons (Fsp3) is 0.217. The van der Waals surface area contributed by atoms with E-state index in [2.05, 4.69) is 30.2 Å². The molecule has 1 fully saturated rings. The first kappa shape index (κ1) is 21.1. The van der Waals surface area contributed by atoms with Gasteiger partial charge in [0.1, 0.15) is 5.69 Å². The molecule has 166 valence electrons. The molecule has 10 heteroatoms. The van der Waals surface area contributed by atoms with Crippen molar-refractivity contribution in [2.75, 3.05) is 36.4 Å². The van der Waals surface area contributed by atoms with Crippen molar-refractivity contribution < 1.29 is 9.82 Å². The SMILES string of the molecule is CB(O)N1CCN(c2ccncc2NC(=O)c2ccnc(-c3cc4ccccc4[nH]3)n2)CC1. The highest BCUT2D eigenvalue weighted by Crippen LogP contribution is 2.27. The maximum absolute atomic E-state index is 13.0. The zero-order valence-corrected chi connectivity index (χ0v) is 18.3. The highest BCUT2D eigenvalue weighted by Gasteiger charge is 2.24. The van der Waals surface area contributed by atoms with Crippen LogP contribution in [0, 0.1) is 0 Å². The first-order valence-corrected chi connectivity index (χ1v) is 10.9. The van der Waals surface area contributed by atoms with Gasteiger partial charge in [-0.3, -0.25) is 9.78 Å². The number of para-hydroxylation sites is 1. The molecule has 4 aromatic rings. The normalized spacial score (nSPS) is 14.4. The Hall–Kier alpha value is -3.76. The smallest absolute Gasteiger partial charge is 0.376 e. The van der Waals surface area contributed by atoms with Crippen LogP contribution in [0.4, 0.5) is 11.4 Å². The summed E-state index contributed by atoms with van der Waals surface area (Å²) in [5.41, 5.74) is 3.53. The van der Waals surface area contributed by atoms with Gasteiger partial charge in [-0.05, 0) is 31.1 Å². The van der Waals surface area contributed by atoms with Gasteiger partial charge in [0.25, 0.3) is 5.91 Å². The number of nitrogens with zero attached hydrogens (tertiary/aromatic N) is 5. The standard InChI is InChI=1S/C23H24BN7O2/c1-24(33)31-12-10-30(11-13-31)21-7-8-25-15-20(21)29-23(32)18-6-9-26-22(28-18)19-14-16-4-2-3-5-17(16)27-19/h2-9,14-15,27,33H,10-13H2,1H3,(H,29,32). The van der Waals surface area contributed by atoms with Crippen LogP contribution in [0.3, 0.4) is 0 Å². The monoisotopic (exact) mass is 441 g/mol. The summed E-state index contributed by atoms with van der Waals surface area (Å²) in [6, 6.07) is 13.4. The third-order valence-electron chi connectivity index (χ3n) is 5.89. The summed E-state index contributed by atoms with van der Waals surface area (Å²) in [5, 5.41) is 13.8. The van der Waals surface area contributed by atoms with Crippen molar-refractivity contribution in [3.05, 3.63) is 66.7 Å². The number of fused-ring (bicyclic) bond motifs is 1. The van der Waals surface area contributed by atoms with Gasteiger partial charge in [0.2, 0.25) is 0 Å². The largest absolute Gasteiger partial charge is 0.437 e. The van der Waals surface area contributed by atoms with Gasteiger partial charge < -0.3 is 25.0 Å². The van der Waals surface area contributed by atoms with E-state index in [9.17, 15) is 9.82 Å². The van der Waals surface area contributed by atoms with E-state index in [4.69, 9.17) is 0 Å². The molecule has 1 saturated heterocycles. The van der Waals surface area contributed by atoms with Crippen LogP contribution in [0.1, 0.15) is 10.5 Å². The maximum atomic E-state index is 13.0. The molecule has 4 heterocycles. The highest BCUT2D eigenvalue weighted by molar-refractivity contribution is 6.45. The van der Waals surface area contributed by atoms with Crippen molar-refractivity contribution in [3.63, 3.8) is 0 Å². The van der Waals surface area contributed by atoms with E-state index in [1.54, 1.807) is 31.5 Å². The number of anilines is 2. The van der Waals surface area contributed by atoms with Gasteiger partial charge in [-0.1, -0.05) is 18.2 Å². The Morgan fingerprint density at radius 1 is 1.12 bits per heavy atom. The van der Waals surface area contributed by atoms with Crippen molar-refractivity contribution in [1.29, 1.82) is 0 Å². The Morgan fingerprint density at radius 2 is 1.94 bits per heavy atom. The minimum absolute atomic E-state index is 0.271. The quantitative estimate of drug-likeness (QED) is 0.408. The number of nitrogens with one attached hydrogen (secondary N) is 2. The second-order valence-electron chi connectivity index (χ2n) is 8.04. The molecule has 1 aromatic carbocycles. The zero-order valence-electron chi connectivity index (χ0n) is 18.3. The second kappa shape index (κ2) is 9.01. The maximum Gasteiger partial charge on any atom is 0.376 e. The molecule has 33 heavy (non-hydrogen) atoms. The Bertz CT molecular complexity index is 1250. The third-order valence-corrected chi connectivity index (χ3v) is 5.89. The minimum Gasteiger partial charge on any atom is -0.437 e. The Kier molecular flexibility index (Phi) is 5.76.